The minimum atomic E-state index is -0.219. The molecule has 0 aliphatic carbocycles. The summed E-state index contributed by atoms with van der Waals surface area (Å²) in [7, 11) is 1.76. The Hall–Kier alpha value is -2.01. The van der Waals surface area contributed by atoms with Crippen LogP contribution in [0.15, 0.2) is 28.0 Å². The van der Waals surface area contributed by atoms with Crippen molar-refractivity contribution >= 4 is 45.3 Å². The van der Waals surface area contributed by atoms with E-state index in [0.29, 0.717) is 36.2 Å². The normalized spacial score (nSPS) is 17.0. The molecule has 0 aromatic carbocycles. The number of likely N-dealkylation sites (tertiary alicyclic amines) is 1. The van der Waals surface area contributed by atoms with E-state index < -0.39 is 0 Å². The van der Waals surface area contributed by atoms with Crippen LogP contribution in [0.4, 0.5) is 5.82 Å². The van der Waals surface area contributed by atoms with Crippen LogP contribution in [0, 0.1) is 5.92 Å². The van der Waals surface area contributed by atoms with Crippen molar-refractivity contribution in [3.63, 3.8) is 0 Å². The van der Waals surface area contributed by atoms with Gasteiger partial charge in [-0.2, -0.15) is 0 Å². The summed E-state index contributed by atoms with van der Waals surface area (Å²) in [4.78, 5) is 30.9. The van der Waals surface area contributed by atoms with Gasteiger partial charge >= 0.3 is 0 Å². The molecule has 1 fully saturated rings. The zero-order valence-corrected chi connectivity index (χ0v) is 17.2. The number of aryl methyl sites for hydroxylation is 1. The molecule has 144 valence electrons. The van der Waals surface area contributed by atoms with Crippen molar-refractivity contribution in [2.24, 2.45) is 13.0 Å². The van der Waals surface area contributed by atoms with Crippen molar-refractivity contribution in [3.05, 3.63) is 22.8 Å². The van der Waals surface area contributed by atoms with Crippen LogP contribution in [0.3, 0.4) is 0 Å². The standard InChI is InChI=1S/C16H20BrN7O2S/c1-23-16(20-21-22-23)27-8-6-14(25)24-7-2-3-11(10-24)15(26)19-13-5-4-12(17)9-18-13/h4-5,9,11H,2-3,6-8,10H2,1H3,(H,18,19,26). The molecule has 2 aromatic heterocycles. The largest absolute Gasteiger partial charge is 0.342 e. The molecule has 27 heavy (non-hydrogen) atoms. The highest BCUT2D eigenvalue weighted by Gasteiger charge is 2.28. The molecule has 0 bridgehead atoms. The van der Waals surface area contributed by atoms with Crippen LogP contribution in [-0.4, -0.2) is 60.7 Å². The van der Waals surface area contributed by atoms with Crippen molar-refractivity contribution < 1.29 is 9.59 Å². The quantitative estimate of drug-likeness (QED) is 0.663. The van der Waals surface area contributed by atoms with Crippen LogP contribution in [-0.2, 0) is 16.6 Å². The Bertz CT molecular complexity index is 798. The summed E-state index contributed by atoms with van der Waals surface area (Å²) in [5.41, 5.74) is 0. The smallest absolute Gasteiger partial charge is 0.230 e. The first-order valence-corrected chi connectivity index (χ1v) is 10.4. The molecule has 0 radical (unpaired) electrons. The summed E-state index contributed by atoms with van der Waals surface area (Å²) in [6.07, 6.45) is 3.61. The second kappa shape index (κ2) is 9.27. The van der Waals surface area contributed by atoms with E-state index in [-0.39, 0.29) is 17.7 Å². The molecular weight excluding hydrogens is 434 g/mol. The molecule has 3 heterocycles. The van der Waals surface area contributed by atoms with Gasteiger partial charge in [-0.3, -0.25) is 9.59 Å². The topological polar surface area (TPSA) is 106 Å². The minimum absolute atomic E-state index is 0.0527. The van der Waals surface area contributed by atoms with E-state index in [1.165, 1.54) is 11.8 Å². The maximum Gasteiger partial charge on any atom is 0.230 e. The van der Waals surface area contributed by atoms with Gasteiger partial charge in [0.2, 0.25) is 17.0 Å². The number of hydrogen-bond donors (Lipinski definition) is 1. The molecule has 9 nitrogen and oxygen atoms in total. The number of thioether (sulfide) groups is 1. The minimum Gasteiger partial charge on any atom is -0.342 e. The fourth-order valence-corrected chi connectivity index (χ4v) is 3.84. The summed E-state index contributed by atoms with van der Waals surface area (Å²) in [5, 5.41) is 14.7. The fraction of sp³-hybridized carbons (Fsp3) is 0.500. The maximum atomic E-state index is 12.5. The van der Waals surface area contributed by atoms with Gasteiger partial charge in [0.05, 0.1) is 5.92 Å². The van der Waals surface area contributed by atoms with Gasteiger partial charge < -0.3 is 10.2 Å². The summed E-state index contributed by atoms with van der Waals surface area (Å²) in [6, 6.07) is 3.57. The molecule has 0 saturated carbocycles. The number of tetrazole rings is 1. The SMILES string of the molecule is Cn1nnnc1SCCC(=O)N1CCCC(C(=O)Nc2ccc(Br)cn2)C1. The lowest BCUT2D eigenvalue weighted by Crippen LogP contribution is -2.43. The van der Waals surface area contributed by atoms with Gasteiger partial charge in [0.15, 0.2) is 0 Å². The number of hydrogen-bond acceptors (Lipinski definition) is 7. The number of carbonyl (C=O) groups excluding carboxylic acids is 2. The number of piperidine rings is 1. The van der Waals surface area contributed by atoms with Crippen molar-refractivity contribution in [3.8, 4) is 0 Å². The van der Waals surface area contributed by atoms with Crippen LogP contribution in [0.2, 0.25) is 0 Å². The zero-order chi connectivity index (χ0) is 19.2. The van der Waals surface area contributed by atoms with Gasteiger partial charge in [-0.15, -0.1) is 5.10 Å². The molecule has 1 N–H and O–H groups in total. The van der Waals surface area contributed by atoms with E-state index in [0.717, 1.165) is 17.3 Å². The lowest BCUT2D eigenvalue weighted by atomic mass is 9.97. The molecule has 2 amide bonds. The van der Waals surface area contributed by atoms with E-state index in [2.05, 4.69) is 41.8 Å². The van der Waals surface area contributed by atoms with Gasteiger partial charge in [0.25, 0.3) is 0 Å². The number of pyridine rings is 1. The van der Waals surface area contributed by atoms with Gasteiger partial charge in [-0.1, -0.05) is 11.8 Å². The van der Waals surface area contributed by atoms with Crippen LogP contribution < -0.4 is 5.32 Å². The highest BCUT2D eigenvalue weighted by atomic mass is 79.9. The Kier molecular flexibility index (Phi) is 6.78. The Morgan fingerprint density at radius 1 is 1.41 bits per heavy atom. The maximum absolute atomic E-state index is 12.5. The Balaban J connectivity index is 1.47. The first-order chi connectivity index (χ1) is 13.0. The number of aromatic nitrogens is 5. The molecule has 11 heteroatoms. The predicted octanol–water partition coefficient (Wildman–Crippen LogP) is 1.73. The molecule has 1 atom stereocenters. The Labute approximate surface area is 169 Å². The second-order valence-corrected chi connectivity index (χ2v) is 8.19. The lowest BCUT2D eigenvalue weighted by molar-refractivity contribution is -0.134. The monoisotopic (exact) mass is 453 g/mol. The first kappa shape index (κ1) is 19.7. The van der Waals surface area contributed by atoms with Crippen LogP contribution in [0.5, 0.6) is 0 Å². The van der Waals surface area contributed by atoms with E-state index in [1.54, 1.807) is 28.9 Å². The van der Waals surface area contributed by atoms with Crippen LogP contribution in [0.25, 0.3) is 0 Å². The summed E-state index contributed by atoms with van der Waals surface area (Å²) in [6.45, 7) is 1.13. The molecule has 1 saturated heterocycles. The third-order valence-corrected chi connectivity index (χ3v) is 5.73. The van der Waals surface area contributed by atoms with Crippen LogP contribution in [0.1, 0.15) is 19.3 Å². The number of nitrogens with zero attached hydrogens (tertiary/aromatic N) is 6. The number of anilines is 1. The molecule has 3 rings (SSSR count). The van der Waals surface area contributed by atoms with E-state index >= 15 is 0 Å². The molecule has 1 unspecified atom stereocenters. The molecule has 2 aromatic rings. The predicted molar refractivity (Wildman–Crippen MR) is 104 cm³/mol. The third-order valence-electron chi connectivity index (χ3n) is 4.25. The summed E-state index contributed by atoms with van der Waals surface area (Å²) >= 11 is 4.76. The van der Waals surface area contributed by atoms with Crippen molar-refractivity contribution in [1.82, 2.24) is 30.1 Å². The number of halogens is 1. The van der Waals surface area contributed by atoms with E-state index in [4.69, 9.17) is 0 Å². The summed E-state index contributed by atoms with van der Waals surface area (Å²) in [5.74, 6) is 0.853. The van der Waals surface area contributed by atoms with Gasteiger partial charge in [-0.25, -0.2) is 9.67 Å². The van der Waals surface area contributed by atoms with Crippen LogP contribution >= 0.6 is 27.7 Å². The third kappa shape index (κ3) is 5.48. The van der Waals surface area contributed by atoms with E-state index in [1.807, 2.05) is 6.07 Å². The van der Waals surface area contributed by atoms with Gasteiger partial charge in [-0.05, 0) is 51.3 Å². The highest BCUT2D eigenvalue weighted by molar-refractivity contribution is 9.10. The molecule has 1 aliphatic rings. The number of carbonyl (C=O) groups is 2. The first-order valence-electron chi connectivity index (χ1n) is 8.58. The fourth-order valence-electron chi connectivity index (χ4n) is 2.83. The molecule has 0 spiro atoms. The van der Waals surface area contributed by atoms with Crippen molar-refractivity contribution in [2.75, 3.05) is 24.2 Å². The van der Waals surface area contributed by atoms with Crippen molar-refractivity contribution in [2.45, 2.75) is 24.4 Å². The Morgan fingerprint density at radius 3 is 2.96 bits per heavy atom. The highest BCUT2D eigenvalue weighted by Crippen LogP contribution is 2.21. The summed E-state index contributed by atoms with van der Waals surface area (Å²) < 4.78 is 2.43. The average Bonchev–Trinajstić information content (AvgIpc) is 3.08. The lowest BCUT2D eigenvalue weighted by Gasteiger charge is -2.32. The average molecular weight is 454 g/mol. The van der Waals surface area contributed by atoms with E-state index in [9.17, 15) is 9.59 Å². The van der Waals surface area contributed by atoms with Gasteiger partial charge in [0, 0.05) is 43.0 Å². The number of amides is 2. The number of nitrogens with one attached hydrogen (secondary N) is 1. The van der Waals surface area contributed by atoms with Crippen molar-refractivity contribution in [1.29, 1.82) is 0 Å². The number of rotatable bonds is 6. The molecular formula is C16H20BrN7O2S. The Morgan fingerprint density at radius 2 is 2.26 bits per heavy atom. The van der Waals surface area contributed by atoms with Gasteiger partial charge in [0.1, 0.15) is 5.82 Å². The molecule has 1 aliphatic heterocycles. The second-order valence-electron chi connectivity index (χ2n) is 6.21. The zero-order valence-electron chi connectivity index (χ0n) is 14.8.